The molecule has 0 bridgehead atoms. The van der Waals surface area contributed by atoms with E-state index in [4.69, 9.17) is 38.5 Å². The lowest BCUT2D eigenvalue weighted by Crippen LogP contribution is -2.40. The highest BCUT2D eigenvalue weighted by Crippen LogP contribution is 2.63. The van der Waals surface area contributed by atoms with Gasteiger partial charge in [-0.1, -0.05) is 0 Å². The Morgan fingerprint density at radius 2 is 2.00 bits per heavy atom. The number of hydrogen-bond donors (Lipinski definition) is 4. The zero-order valence-corrected chi connectivity index (χ0v) is 27.4. The molecule has 22 heteroatoms. The number of nitrogens with one attached hydrogen (secondary N) is 1. The van der Waals surface area contributed by atoms with Crippen LogP contribution < -0.4 is 17.0 Å². The first kappa shape index (κ1) is 36.4. The van der Waals surface area contributed by atoms with Gasteiger partial charge in [-0.15, -0.1) is 0 Å². The summed E-state index contributed by atoms with van der Waals surface area (Å²) in [6.07, 6.45) is -4.81. The fraction of sp³-hybridized carbons (Fsp3) is 0.600. The van der Waals surface area contributed by atoms with Crippen molar-refractivity contribution in [3.05, 3.63) is 45.8 Å². The number of fused-ring (bicyclic) bond motifs is 1. The highest BCUT2D eigenvalue weighted by atomic mass is 32.7. The molecule has 20 nitrogen and oxygen atoms in total. The zero-order chi connectivity index (χ0) is 34.3. The number of nitrogens with zero attached hydrogens (tertiary/aromatic N) is 5. The first-order valence-corrected chi connectivity index (χ1v) is 17.2. The summed E-state index contributed by atoms with van der Waals surface area (Å²) in [6, 6.07) is 1.09. The van der Waals surface area contributed by atoms with Gasteiger partial charge in [0, 0.05) is 30.8 Å². The molecule has 0 aromatic carbocycles. The van der Waals surface area contributed by atoms with Gasteiger partial charge in [0.2, 0.25) is 0 Å². The average Bonchev–Trinajstić information content (AvgIpc) is 3.58. The molecule has 1 aliphatic rings. The number of imidazole rings is 1. The number of anilines is 1. The number of rotatable bonds is 16. The molecular formula is C25H36N7O13PS. The third-order valence-electron chi connectivity index (χ3n) is 6.63. The van der Waals surface area contributed by atoms with Crippen molar-refractivity contribution in [1.82, 2.24) is 29.1 Å². The number of H-pyrrole nitrogens is 1. The van der Waals surface area contributed by atoms with Crippen LogP contribution in [0, 0.1) is 0 Å². The number of carbonyl (C=O) groups excluding carboxylic acids is 1. The molecule has 47 heavy (non-hydrogen) atoms. The molecule has 4 rings (SSSR count). The van der Waals surface area contributed by atoms with Crippen LogP contribution in [0.25, 0.3) is 11.2 Å². The summed E-state index contributed by atoms with van der Waals surface area (Å²) in [5.41, 5.74) is 5.07. The van der Waals surface area contributed by atoms with Gasteiger partial charge in [-0.3, -0.25) is 28.0 Å². The van der Waals surface area contributed by atoms with Gasteiger partial charge in [0.1, 0.15) is 43.0 Å². The number of ether oxygens (including phenoxy) is 5. The van der Waals surface area contributed by atoms with E-state index in [1.54, 1.807) is 13.8 Å². The highest BCUT2D eigenvalue weighted by Gasteiger charge is 2.50. The number of methoxy groups -OCH3 is 1. The monoisotopic (exact) mass is 705 g/mol. The molecule has 0 amide bonds. The van der Waals surface area contributed by atoms with Gasteiger partial charge in [0.05, 0.1) is 31.7 Å². The minimum Gasteiger partial charge on any atom is -0.432 e. The number of aliphatic hydroxyl groups is 2. The molecule has 260 valence electrons. The standard InChI is InChI=1S/C25H36N7O13PS/c1-13(2)43-25(37)41-12-47-46(38,42-8-16(14(3)34)40-11-31-10-29-18-21(26)27-9-28-22(18)31)45-19-15(7-33)44-23(20(19)39-4)32-6-5-17(35)30-24(32)36/h5-6,9-10,13-16,19-20,23,33-34H,7-8,11-12H2,1-4H3,(H2,26,27,28)(H,30,35,36)/t14?,15-,16-,19?,20?,23-,46?/m1/s1. The lowest BCUT2D eigenvalue weighted by molar-refractivity contribution is -0.0792. The van der Waals surface area contributed by atoms with E-state index in [1.807, 2.05) is 0 Å². The van der Waals surface area contributed by atoms with E-state index < -0.39 is 86.2 Å². The molecule has 0 aliphatic carbocycles. The fourth-order valence-corrected chi connectivity index (χ4v) is 7.15. The molecular weight excluding hydrogens is 669 g/mol. The van der Waals surface area contributed by atoms with Crippen molar-refractivity contribution in [1.29, 1.82) is 0 Å². The molecule has 4 heterocycles. The van der Waals surface area contributed by atoms with Crippen LogP contribution in [0.15, 0.2) is 34.5 Å². The SMILES string of the molecule is COC1C(OP(=O)(OC[C@@H](OCn2cnc3c(N)ncnc32)C(C)O)SCOC(=O)OC(C)C)[C@@H](CO)O[C@H]1n1ccc(=O)[nH]c1=O. The highest BCUT2D eigenvalue weighted by molar-refractivity contribution is 8.55. The van der Waals surface area contributed by atoms with E-state index in [0.29, 0.717) is 22.5 Å². The summed E-state index contributed by atoms with van der Waals surface area (Å²) >= 11 is 0.462. The average molecular weight is 706 g/mol. The molecule has 1 saturated heterocycles. The molecule has 5 N–H and O–H groups in total. The number of aromatic amines is 1. The van der Waals surface area contributed by atoms with Gasteiger partial charge in [0.15, 0.2) is 23.6 Å². The number of nitrogens with two attached hydrogens (primary N) is 1. The Labute approximate surface area is 270 Å². The van der Waals surface area contributed by atoms with Crippen molar-refractivity contribution < 1.29 is 52.3 Å². The predicted octanol–water partition coefficient (Wildman–Crippen LogP) is 0.349. The summed E-state index contributed by atoms with van der Waals surface area (Å²) in [7, 11) is 1.27. The number of carbonyl (C=O) groups is 1. The second-order valence-electron chi connectivity index (χ2n) is 10.3. The van der Waals surface area contributed by atoms with Crippen LogP contribution in [0.2, 0.25) is 0 Å². The first-order valence-electron chi connectivity index (χ1n) is 14.1. The van der Waals surface area contributed by atoms with Crippen molar-refractivity contribution in [2.75, 3.05) is 32.0 Å². The molecule has 4 unspecified atom stereocenters. The first-order chi connectivity index (χ1) is 22.4. The Morgan fingerprint density at radius 3 is 2.66 bits per heavy atom. The second kappa shape index (κ2) is 16.1. The maximum atomic E-state index is 14.2. The topological polar surface area (TPSA) is 264 Å². The normalized spacial score (nSPS) is 22.3. The zero-order valence-electron chi connectivity index (χ0n) is 25.7. The van der Waals surface area contributed by atoms with E-state index in [-0.39, 0.29) is 12.5 Å². The van der Waals surface area contributed by atoms with E-state index in [2.05, 4.69) is 19.9 Å². The van der Waals surface area contributed by atoms with Gasteiger partial charge in [-0.05, 0) is 20.8 Å². The van der Waals surface area contributed by atoms with Gasteiger partial charge >= 0.3 is 18.6 Å². The minimum absolute atomic E-state index is 0.165. The van der Waals surface area contributed by atoms with Crippen LogP contribution in [-0.4, -0.2) is 108 Å². The molecule has 3 aromatic heterocycles. The number of aromatic nitrogens is 6. The molecule has 3 aromatic rings. The molecule has 0 radical (unpaired) electrons. The lowest BCUT2D eigenvalue weighted by atomic mass is 10.1. The molecule has 0 saturated carbocycles. The van der Waals surface area contributed by atoms with Crippen molar-refractivity contribution in [3.63, 3.8) is 0 Å². The third kappa shape index (κ3) is 9.15. The van der Waals surface area contributed by atoms with E-state index in [1.165, 1.54) is 37.5 Å². The lowest BCUT2D eigenvalue weighted by Gasteiger charge is -2.28. The molecule has 1 aliphatic heterocycles. The van der Waals surface area contributed by atoms with Crippen LogP contribution in [0.4, 0.5) is 10.6 Å². The largest absolute Gasteiger partial charge is 0.509 e. The number of hydrogen-bond acceptors (Lipinski definition) is 18. The van der Waals surface area contributed by atoms with Crippen molar-refractivity contribution in [2.24, 2.45) is 0 Å². The fourth-order valence-electron chi connectivity index (χ4n) is 4.36. The Morgan fingerprint density at radius 1 is 1.23 bits per heavy atom. The molecule has 7 atom stereocenters. The van der Waals surface area contributed by atoms with Crippen molar-refractivity contribution in [2.45, 2.75) is 70.4 Å². The van der Waals surface area contributed by atoms with Crippen LogP contribution in [0.1, 0.15) is 27.0 Å². The Bertz CT molecular complexity index is 1670. The predicted molar refractivity (Wildman–Crippen MR) is 163 cm³/mol. The van der Waals surface area contributed by atoms with Gasteiger partial charge in [-0.2, -0.15) is 0 Å². The van der Waals surface area contributed by atoms with Gasteiger partial charge in [0.25, 0.3) is 5.56 Å². The number of nitrogen functional groups attached to an aromatic ring is 1. The Hall–Kier alpha value is -3.40. The van der Waals surface area contributed by atoms with E-state index in [0.717, 1.165) is 10.6 Å². The number of aliphatic hydroxyl groups excluding tert-OH is 2. The van der Waals surface area contributed by atoms with Crippen LogP contribution in [0.3, 0.4) is 0 Å². The summed E-state index contributed by atoms with van der Waals surface area (Å²) in [4.78, 5) is 50.3. The van der Waals surface area contributed by atoms with Crippen LogP contribution in [0.5, 0.6) is 0 Å². The van der Waals surface area contributed by atoms with Crippen LogP contribution in [-0.2, 0) is 44.0 Å². The van der Waals surface area contributed by atoms with Crippen molar-refractivity contribution in [3.8, 4) is 0 Å². The summed E-state index contributed by atoms with van der Waals surface area (Å²) in [6.45, 7) is -1.08. The molecule has 1 fully saturated rings. The van der Waals surface area contributed by atoms with Crippen molar-refractivity contribution >= 4 is 41.3 Å². The Kier molecular flexibility index (Phi) is 12.5. The maximum absolute atomic E-state index is 14.2. The summed E-state index contributed by atoms with van der Waals surface area (Å²) in [5.74, 6) is -0.388. The van der Waals surface area contributed by atoms with E-state index >= 15 is 0 Å². The smallest absolute Gasteiger partial charge is 0.432 e. The quantitative estimate of drug-likeness (QED) is 0.0889. The maximum Gasteiger partial charge on any atom is 0.509 e. The minimum atomic E-state index is -4.40. The van der Waals surface area contributed by atoms with Gasteiger partial charge < -0.3 is 39.6 Å². The third-order valence-corrected chi connectivity index (χ3v) is 9.97. The van der Waals surface area contributed by atoms with Gasteiger partial charge in [-0.25, -0.2) is 29.1 Å². The second-order valence-corrected chi connectivity index (χ2v) is 14.3. The Balaban J connectivity index is 1.53. The summed E-state index contributed by atoms with van der Waals surface area (Å²) < 4.78 is 55.5. The van der Waals surface area contributed by atoms with E-state index in [9.17, 15) is 29.2 Å². The molecule has 0 spiro atoms. The summed E-state index contributed by atoms with van der Waals surface area (Å²) in [5, 5.41) is 20.5. The van der Waals surface area contributed by atoms with Crippen LogP contribution >= 0.6 is 18.2 Å².